The highest BCUT2D eigenvalue weighted by Crippen LogP contribution is 2.42. The maximum atomic E-state index is 11.6. The Hall–Kier alpha value is -4.24. The summed E-state index contributed by atoms with van der Waals surface area (Å²) in [5.41, 5.74) is 3.01. The van der Waals surface area contributed by atoms with Crippen LogP contribution < -0.4 is 4.52 Å². The molecule has 0 spiro atoms. The third-order valence-electron chi connectivity index (χ3n) is 5.58. The van der Waals surface area contributed by atoms with Crippen LogP contribution in [0.15, 0.2) is 104 Å². The van der Waals surface area contributed by atoms with Crippen LogP contribution in [0.2, 0.25) is 0 Å². The molecule has 0 fully saturated rings. The minimum atomic E-state index is -4.86. The summed E-state index contributed by atoms with van der Waals surface area (Å²) >= 11 is 1.58. The van der Waals surface area contributed by atoms with E-state index in [1.807, 2.05) is 48.5 Å². The van der Waals surface area contributed by atoms with Gasteiger partial charge in [0.15, 0.2) is 11.6 Å². The Morgan fingerprint density at radius 2 is 1.75 bits per heavy atom. The largest absolute Gasteiger partial charge is 0.524 e. The van der Waals surface area contributed by atoms with Crippen molar-refractivity contribution in [3.8, 4) is 33.4 Å². The molecule has 13 heteroatoms. The van der Waals surface area contributed by atoms with E-state index < -0.39 is 16.5 Å². The molecule has 40 heavy (non-hydrogen) atoms. The third-order valence-corrected chi connectivity index (χ3v) is 7.39. The zero-order valence-electron chi connectivity index (χ0n) is 20.6. The second kappa shape index (κ2) is 11.5. The molecule has 0 bridgehead atoms. The highest BCUT2D eigenvalue weighted by molar-refractivity contribution is 7.46. The molecular formula is C27H20N4O6P2S. The van der Waals surface area contributed by atoms with Gasteiger partial charge in [-0.2, -0.15) is 0 Å². The second-order valence-corrected chi connectivity index (χ2v) is 10.7. The number of hydrogen-bond acceptors (Lipinski definition) is 8. The van der Waals surface area contributed by atoms with Crippen LogP contribution in [0.25, 0.3) is 43.4 Å². The lowest BCUT2D eigenvalue weighted by atomic mass is 10.1. The molecule has 0 unspecified atom stereocenters. The molecule has 0 aliphatic heterocycles. The van der Waals surface area contributed by atoms with Gasteiger partial charge in [-0.3, -0.25) is 9.79 Å². The second-order valence-electron chi connectivity index (χ2n) is 8.19. The Morgan fingerprint density at radius 3 is 2.45 bits per heavy atom. The number of benzene rings is 3. The van der Waals surface area contributed by atoms with Crippen molar-refractivity contribution in [1.29, 1.82) is 0 Å². The van der Waals surface area contributed by atoms with Crippen LogP contribution in [-0.2, 0) is 13.7 Å². The van der Waals surface area contributed by atoms with Gasteiger partial charge in [-0.15, -0.1) is 16.4 Å². The first-order valence-electron chi connectivity index (χ1n) is 11.6. The van der Waals surface area contributed by atoms with E-state index in [1.165, 1.54) is 16.8 Å². The quantitative estimate of drug-likeness (QED) is 0.100. The first kappa shape index (κ1) is 27.3. The normalized spacial score (nSPS) is 12.0. The van der Waals surface area contributed by atoms with E-state index in [0.29, 0.717) is 11.3 Å². The van der Waals surface area contributed by atoms with Gasteiger partial charge in [0.2, 0.25) is 0 Å². The molecule has 0 radical (unpaired) electrons. The molecule has 200 valence electrons. The van der Waals surface area contributed by atoms with Gasteiger partial charge >= 0.3 is 16.5 Å². The maximum Gasteiger partial charge on any atom is 0.524 e. The monoisotopic (exact) mass is 590 g/mol. The number of fused-ring (bicyclic) bond motifs is 1. The van der Waals surface area contributed by atoms with Crippen LogP contribution >= 0.6 is 27.8 Å². The molecule has 5 aromatic rings. The first-order chi connectivity index (χ1) is 19.3. The maximum absolute atomic E-state index is 11.6. The fourth-order valence-electron chi connectivity index (χ4n) is 3.88. The Labute approximate surface area is 234 Å². The van der Waals surface area contributed by atoms with Crippen molar-refractivity contribution in [3.63, 3.8) is 0 Å². The van der Waals surface area contributed by atoms with Gasteiger partial charge in [0.25, 0.3) is 0 Å². The van der Waals surface area contributed by atoms with Crippen molar-refractivity contribution in [3.05, 3.63) is 110 Å². The van der Waals surface area contributed by atoms with Crippen LogP contribution in [0.1, 0.15) is 5.82 Å². The van der Waals surface area contributed by atoms with Gasteiger partial charge in [-0.25, -0.2) is 23.8 Å². The molecule has 5 rings (SSSR count). The number of para-hydroxylation sites is 2. The summed E-state index contributed by atoms with van der Waals surface area (Å²) in [5.74, 6) is 0.301. The summed E-state index contributed by atoms with van der Waals surface area (Å²) in [6.45, 7) is 7.57. The number of aromatic nitrogens is 4. The van der Waals surface area contributed by atoms with E-state index in [0.717, 1.165) is 20.8 Å². The molecule has 0 aliphatic carbocycles. The molecule has 10 nitrogen and oxygen atoms in total. The molecule has 0 atom stereocenters. The number of rotatable bonds is 10. The number of thiazole rings is 1. The van der Waals surface area contributed by atoms with Crippen molar-refractivity contribution < 1.29 is 28.0 Å². The number of phosphoric acid groups is 1. The van der Waals surface area contributed by atoms with E-state index >= 15 is 0 Å². The molecule has 2 heterocycles. The third kappa shape index (κ3) is 5.84. The van der Waals surface area contributed by atoms with E-state index in [9.17, 15) is 18.9 Å². The van der Waals surface area contributed by atoms with Crippen molar-refractivity contribution in [1.82, 2.24) is 19.7 Å². The summed E-state index contributed by atoms with van der Waals surface area (Å²) in [6, 6.07) is 21.6. The predicted molar refractivity (Wildman–Crippen MR) is 154 cm³/mol. The topological polar surface area (TPSA) is 137 Å². The average Bonchev–Trinajstić information content (AvgIpc) is 3.56. The smallest absolute Gasteiger partial charge is 0.408 e. The van der Waals surface area contributed by atoms with Gasteiger partial charge in [-0.1, -0.05) is 43.5 Å². The van der Waals surface area contributed by atoms with Crippen LogP contribution in [0.4, 0.5) is 0 Å². The molecule has 2 aromatic heterocycles. The summed E-state index contributed by atoms with van der Waals surface area (Å²) < 4.78 is 35.3. The summed E-state index contributed by atoms with van der Waals surface area (Å²) in [7, 11) is -5.47. The lowest BCUT2D eigenvalue weighted by Crippen LogP contribution is -2.04. The summed E-state index contributed by atoms with van der Waals surface area (Å²) in [6.07, 6.45) is 3.07. The van der Waals surface area contributed by atoms with Gasteiger partial charge in [0.05, 0.1) is 27.0 Å². The van der Waals surface area contributed by atoms with Gasteiger partial charge < -0.3 is 9.05 Å². The number of nitrogens with zero attached hydrogens (tertiary/aromatic N) is 4. The predicted octanol–water partition coefficient (Wildman–Crippen LogP) is 6.99. The molecule has 0 amide bonds. The molecule has 2 N–H and O–H groups in total. The number of hydrogen-bond donors (Lipinski definition) is 2. The fourth-order valence-corrected chi connectivity index (χ4v) is 5.46. The summed E-state index contributed by atoms with van der Waals surface area (Å²) in [5, 5.41) is 5.49. The zero-order chi connectivity index (χ0) is 28.3. The molecular weight excluding hydrogens is 570 g/mol. The summed E-state index contributed by atoms with van der Waals surface area (Å²) in [4.78, 5) is 28.1. The van der Waals surface area contributed by atoms with Crippen LogP contribution in [0.5, 0.6) is 5.75 Å². The van der Waals surface area contributed by atoms with Crippen LogP contribution in [0, 0.1) is 0 Å². The number of allylic oxidation sites excluding steroid dienone is 3. The van der Waals surface area contributed by atoms with E-state index in [2.05, 4.69) is 23.2 Å². The minimum absolute atomic E-state index is 0.0441. The molecule has 0 saturated heterocycles. The highest BCUT2D eigenvalue weighted by atomic mass is 32.1. The van der Waals surface area contributed by atoms with Crippen molar-refractivity contribution in [2.24, 2.45) is 0 Å². The van der Waals surface area contributed by atoms with E-state index in [1.54, 1.807) is 35.6 Å². The Balaban J connectivity index is 1.63. The molecule has 0 saturated carbocycles. The van der Waals surface area contributed by atoms with Gasteiger partial charge in [0.1, 0.15) is 16.5 Å². The van der Waals surface area contributed by atoms with Crippen LogP contribution in [0.3, 0.4) is 0 Å². The van der Waals surface area contributed by atoms with Gasteiger partial charge in [-0.05, 0) is 54.6 Å². The number of phosphoric ester groups is 1. The van der Waals surface area contributed by atoms with Crippen LogP contribution in [-0.4, -0.2) is 29.5 Å². The standard InChI is InChI=1S/C27H20N4O6P2S/c1-3-8-20(17(2)36-38-32)26-29-25(21-9-4-6-11-23(21)37-39(33,34)35)30-31(26)19-15-13-18(14-16-19)27-28-22-10-5-7-12-24(22)40-27/h3-16H,1-2H2,(H2,33,34,35)/b20-8+. The van der Waals surface area contributed by atoms with Crippen molar-refractivity contribution in [2.75, 3.05) is 0 Å². The average molecular weight is 590 g/mol. The van der Waals surface area contributed by atoms with E-state index in [-0.39, 0.29) is 28.7 Å². The Morgan fingerprint density at radius 1 is 1.02 bits per heavy atom. The fraction of sp³-hybridized carbons (Fsp3) is 0. The van der Waals surface area contributed by atoms with E-state index in [4.69, 9.17) is 14.0 Å². The zero-order valence-corrected chi connectivity index (χ0v) is 23.2. The minimum Gasteiger partial charge on any atom is -0.408 e. The SMILES string of the molecule is C=C/C=C(\C(=C)OP=O)c1nc(-c2ccccc2OP(=O)(O)O)nn1-c1ccc(-c2nc3ccccc3s2)cc1. The lowest BCUT2D eigenvalue weighted by molar-refractivity contribution is 0.283. The van der Waals surface area contributed by atoms with Crippen molar-refractivity contribution >= 4 is 43.6 Å². The highest BCUT2D eigenvalue weighted by Gasteiger charge is 2.24. The Bertz CT molecular complexity index is 1790. The van der Waals surface area contributed by atoms with Crippen molar-refractivity contribution in [2.45, 2.75) is 0 Å². The first-order valence-corrected chi connectivity index (χ1v) is 14.6. The molecule has 0 aliphatic rings. The van der Waals surface area contributed by atoms with Gasteiger partial charge in [0, 0.05) is 5.56 Å². The Kier molecular flexibility index (Phi) is 7.84. The lowest BCUT2D eigenvalue weighted by Gasteiger charge is -2.10. The molecule has 3 aromatic carbocycles.